The number of carbonyl (C=O) groups is 1. The van der Waals surface area contributed by atoms with Crippen molar-refractivity contribution in [3.63, 3.8) is 0 Å². The number of rotatable bonds is 3. The van der Waals surface area contributed by atoms with Crippen molar-refractivity contribution in [1.29, 1.82) is 0 Å². The van der Waals surface area contributed by atoms with E-state index in [0.29, 0.717) is 16.0 Å². The first-order chi connectivity index (χ1) is 8.65. The molecule has 0 fully saturated rings. The van der Waals surface area contributed by atoms with Crippen LogP contribution in [0.25, 0.3) is 6.08 Å². The topological polar surface area (TPSA) is 39.4 Å². The highest BCUT2D eigenvalue weighted by Crippen LogP contribution is 2.28. The Morgan fingerprint density at radius 2 is 2.11 bits per heavy atom. The number of hydrogen-bond acceptors (Lipinski definition) is 3. The summed E-state index contributed by atoms with van der Waals surface area (Å²) in [6.45, 7) is 0. The highest BCUT2D eigenvalue weighted by molar-refractivity contribution is 9.11. The largest absolute Gasteiger partial charge is 0.465 e. The zero-order chi connectivity index (χ0) is 13.0. The highest BCUT2D eigenvalue weighted by atomic mass is 79.9. The average Bonchev–Trinajstić information content (AvgIpc) is 2.83. The fourth-order valence-electron chi connectivity index (χ4n) is 1.24. The second kappa shape index (κ2) is 6.02. The highest BCUT2D eigenvalue weighted by Gasteiger charge is 2.05. The minimum atomic E-state index is -0.463. The zero-order valence-electron chi connectivity index (χ0n) is 9.10. The Balaban J connectivity index is 2.03. The molecular formula is C13H8Br2O3. The first-order valence-corrected chi connectivity index (χ1v) is 6.62. The number of esters is 1. The summed E-state index contributed by atoms with van der Waals surface area (Å²) < 4.78 is 11.8. The minimum Gasteiger partial charge on any atom is -0.465 e. The monoisotopic (exact) mass is 370 g/mol. The molecule has 0 saturated carbocycles. The van der Waals surface area contributed by atoms with Crippen LogP contribution >= 0.6 is 31.9 Å². The molecule has 5 heteroatoms. The van der Waals surface area contributed by atoms with Crippen LogP contribution < -0.4 is 4.74 Å². The summed E-state index contributed by atoms with van der Waals surface area (Å²) in [6.07, 6.45) is 4.40. The molecule has 0 bridgehead atoms. The minimum absolute atomic E-state index is 0.463. The summed E-state index contributed by atoms with van der Waals surface area (Å²) in [5, 5.41) is 0. The van der Waals surface area contributed by atoms with E-state index in [9.17, 15) is 4.79 Å². The molecule has 18 heavy (non-hydrogen) atoms. The summed E-state index contributed by atoms with van der Waals surface area (Å²) in [5.74, 6) is 0.600. The molecule has 0 amide bonds. The van der Waals surface area contributed by atoms with Crippen LogP contribution in [0.1, 0.15) is 5.76 Å². The third-order valence-corrected chi connectivity index (χ3v) is 3.14. The lowest BCUT2D eigenvalue weighted by Crippen LogP contribution is -2.03. The van der Waals surface area contributed by atoms with Crippen molar-refractivity contribution < 1.29 is 13.9 Å². The van der Waals surface area contributed by atoms with E-state index in [1.807, 2.05) is 0 Å². The van der Waals surface area contributed by atoms with E-state index in [2.05, 4.69) is 31.9 Å². The predicted octanol–water partition coefficient (Wildman–Crippen LogP) is 4.42. The lowest BCUT2D eigenvalue weighted by Gasteiger charge is -2.03. The molecule has 0 aliphatic heterocycles. The van der Waals surface area contributed by atoms with Gasteiger partial charge in [-0.15, -0.1) is 0 Å². The van der Waals surface area contributed by atoms with Gasteiger partial charge in [0.25, 0.3) is 0 Å². The van der Waals surface area contributed by atoms with E-state index in [0.717, 1.165) is 4.47 Å². The van der Waals surface area contributed by atoms with Crippen molar-refractivity contribution in [2.45, 2.75) is 0 Å². The van der Waals surface area contributed by atoms with Gasteiger partial charge in [-0.25, -0.2) is 4.79 Å². The molecule has 0 aliphatic carbocycles. The van der Waals surface area contributed by atoms with E-state index in [4.69, 9.17) is 9.15 Å². The van der Waals surface area contributed by atoms with Crippen molar-refractivity contribution in [2.24, 2.45) is 0 Å². The molecular weight excluding hydrogens is 364 g/mol. The SMILES string of the molecule is O=C(/C=C/c1ccco1)Oc1ccc(Br)cc1Br. The molecule has 0 spiro atoms. The number of halogens is 2. The third kappa shape index (κ3) is 3.58. The van der Waals surface area contributed by atoms with Crippen LogP contribution in [-0.4, -0.2) is 5.97 Å². The lowest BCUT2D eigenvalue weighted by molar-refractivity contribution is -0.128. The summed E-state index contributed by atoms with van der Waals surface area (Å²) in [5.41, 5.74) is 0. The Labute approximate surface area is 121 Å². The van der Waals surface area contributed by atoms with E-state index in [-0.39, 0.29) is 0 Å². The predicted molar refractivity (Wildman–Crippen MR) is 75.2 cm³/mol. The normalized spacial score (nSPS) is 10.8. The standard InChI is InChI=1S/C13H8Br2O3/c14-9-3-5-12(11(15)8-9)18-13(16)6-4-10-2-1-7-17-10/h1-8H/b6-4+. The van der Waals surface area contributed by atoms with Crippen LogP contribution in [0.3, 0.4) is 0 Å². The quantitative estimate of drug-likeness (QED) is 0.455. The van der Waals surface area contributed by atoms with Crippen LogP contribution in [0.15, 0.2) is 56.0 Å². The Morgan fingerprint density at radius 3 is 2.78 bits per heavy atom. The fourth-order valence-corrected chi connectivity index (χ4v) is 2.36. The molecule has 3 nitrogen and oxygen atoms in total. The first-order valence-electron chi connectivity index (χ1n) is 5.03. The maximum absolute atomic E-state index is 11.6. The molecule has 1 aromatic carbocycles. The van der Waals surface area contributed by atoms with E-state index >= 15 is 0 Å². The van der Waals surface area contributed by atoms with Crippen LogP contribution in [0, 0.1) is 0 Å². The van der Waals surface area contributed by atoms with Gasteiger partial charge in [0.1, 0.15) is 11.5 Å². The van der Waals surface area contributed by atoms with E-state index in [1.165, 1.54) is 12.3 Å². The van der Waals surface area contributed by atoms with E-state index in [1.54, 1.807) is 36.4 Å². The molecule has 0 saturated heterocycles. The smallest absolute Gasteiger partial charge is 0.336 e. The van der Waals surface area contributed by atoms with Gasteiger partial charge in [0.05, 0.1) is 10.7 Å². The number of hydrogen-bond donors (Lipinski definition) is 0. The number of carbonyl (C=O) groups excluding carboxylic acids is 1. The van der Waals surface area contributed by atoms with Crippen molar-refractivity contribution >= 4 is 43.9 Å². The summed E-state index contributed by atoms with van der Waals surface area (Å²) in [7, 11) is 0. The van der Waals surface area contributed by atoms with E-state index < -0.39 is 5.97 Å². The number of benzene rings is 1. The van der Waals surface area contributed by atoms with Gasteiger partial charge in [-0.2, -0.15) is 0 Å². The van der Waals surface area contributed by atoms with Crippen molar-refractivity contribution in [2.75, 3.05) is 0 Å². The summed E-state index contributed by atoms with van der Waals surface area (Å²) >= 11 is 6.64. The number of furan rings is 1. The van der Waals surface area contributed by atoms with Gasteiger partial charge in [-0.05, 0) is 52.3 Å². The Hall–Kier alpha value is -1.33. The fraction of sp³-hybridized carbons (Fsp3) is 0. The van der Waals surface area contributed by atoms with Gasteiger partial charge < -0.3 is 9.15 Å². The molecule has 0 atom stereocenters. The summed E-state index contributed by atoms with van der Waals surface area (Å²) in [6, 6.07) is 8.80. The van der Waals surface area contributed by atoms with Gasteiger partial charge in [-0.1, -0.05) is 15.9 Å². The zero-order valence-corrected chi connectivity index (χ0v) is 12.3. The Morgan fingerprint density at radius 1 is 1.28 bits per heavy atom. The Kier molecular flexibility index (Phi) is 4.38. The number of ether oxygens (including phenoxy) is 1. The summed E-state index contributed by atoms with van der Waals surface area (Å²) in [4.78, 5) is 11.6. The molecule has 2 rings (SSSR count). The third-order valence-electron chi connectivity index (χ3n) is 2.03. The van der Waals surface area contributed by atoms with Gasteiger partial charge >= 0.3 is 5.97 Å². The van der Waals surface area contributed by atoms with Gasteiger partial charge in [0.2, 0.25) is 0 Å². The van der Waals surface area contributed by atoms with Crippen molar-refractivity contribution in [3.05, 3.63) is 57.4 Å². The van der Waals surface area contributed by atoms with Crippen LogP contribution in [-0.2, 0) is 4.79 Å². The first kappa shape index (κ1) is 13.1. The Bertz CT molecular complexity index is 574. The molecule has 92 valence electrons. The molecule has 0 unspecified atom stereocenters. The van der Waals surface area contributed by atoms with Crippen molar-refractivity contribution in [1.82, 2.24) is 0 Å². The molecule has 1 aromatic heterocycles. The maximum Gasteiger partial charge on any atom is 0.336 e. The average molecular weight is 372 g/mol. The molecule has 0 aliphatic rings. The van der Waals surface area contributed by atoms with Gasteiger partial charge in [0, 0.05) is 10.5 Å². The molecule has 2 aromatic rings. The van der Waals surface area contributed by atoms with Crippen LogP contribution in [0.4, 0.5) is 0 Å². The van der Waals surface area contributed by atoms with Crippen LogP contribution in [0.2, 0.25) is 0 Å². The van der Waals surface area contributed by atoms with Crippen LogP contribution in [0.5, 0.6) is 5.75 Å². The maximum atomic E-state index is 11.6. The molecule has 0 radical (unpaired) electrons. The van der Waals surface area contributed by atoms with Gasteiger partial charge in [-0.3, -0.25) is 0 Å². The second-order valence-electron chi connectivity index (χ2n) is 3.34. The lowest BCUT2D eigenvalue weighted by atomic mass is 10.3. The second-order valence-corrected chi connectivity index (χ2v) is 5.11. The molecule has 0 N–H and O–H groups in total. The molecule has 1 heterocycles. The van der Waals surface area contributed by atoms with Crippen molar-refractivity contribution in [3.8, 4) is 5.75 Å². The van der Waals surface area contributed by atoms with Gasteiger partial charge in [0.15, 0.2) is 0 Å².